The third kappa shape index (κ3) is 2.66. The van der Waals surface area contributed by atoms with Crippen LogP contribution in [0.15, 0.2) is 51.9 Å². The van der Waals surface area contributed by atoms with E-state index in [4.69, 9.17) is 4.52 Å². The molecule has 0 saturated carbocycles. The van der Waals surface area contributed by atoms with Gasteiger partial charge in [0.05, 0.1) is 6.04 Å². The predicted molar refractivity (Wildman–Crippen MR) is 87.1 cm³/mol. The van der Waals surface area contributed by atoms with Gasteiger partial charge in [-0.25, -0.2) is 0 Å². The maximum Gasteiger partial charge on any atom is 0.276 e. The lowest BCUT2D eigenvalue weighted by atomic mass is 10.1. The molecule has 1 aliphatic rings. The molecule has 3 aromatic rings. The first-order valence-corrected chi connectivity index (χ1v) is 8.47. The molecule has 6 heteroatoms. The number of nitrogens with zero attached hydrogens (tertiary/aromatic N) is 3. The van der Waals surface area contributed by atoms with E-state index in [9.17, 15) is 4.79 Å². The largest absolute Gasteiger partial charge is 0.355 e. The second-order valence-corrected chi connectivity index (χ2v) is 6.31. The minimum absolute atomic E-state index is 0.0717. The average molecular weight is 325 g/mol. The van der Waals surface area contributed by atoms with Gasteiger partial charge >= 0.3 is 0 Å². The van der Waals surface area contributed by atoms with Crippen LogP contribution in [0.1, 0.15) is 34.9 Å². The Morgan fingerprint density at radius 1 is 1.39 bits per heavy atom. The number of thiophene rings is 1. The Morgan fingerprint density at radius 2 is 2.35 bits per heavy atom. The molecule has 4 heterocycles. The fourth-order valence-corrected chi connectivity index (χ4v) is 3.70. The lowest BCUT2D eigenvalue weighted by Crippen LogP contribution is -2.30. The lowest BCUT2D eigenvalue weighted by Gasteiger charge is -2.23. The molecule has 3 aromatic heterocycles. The van der Waals surface area contributed by atoms with E-state index in [0.717, 1.165) is 24.9 Å². The molecule has 0 N–H and O–H groups in total. The molecule has 0 bridgehead atoms. The second kappa shape index (κ2) is 5.96. The number of carbonyl (C=O) groups is 1. The van der Waals surface area contributed by atoms with Gasteiger partial charge in [-0.3, -0.25) is 9.78 Å². The van der Waals surface area contributed by atoms with E-state index >= 15 is 0 Å². The van der Waals surface area contributed by atoms with Crippen molar-refractivity contribution in [2.45, 2.75) is 18.9 Å². The summed E-state index contributed by atoms with van der Waals surface area (Å²) < 4.78 is 5.32. The van der Waals surface area contributed by atoms with Crippen molar-refractivity contribution in [2.24, 2.45) is 0 Å². The Morgan fingerprint density at radius 3 is 3.13 bits per heavy atom. The summed E-state index contributed by atoms with van der Waals surface area (Å²) in [6.07, 6.45) is 5.40. The normalized spacial score (nSPS) is 17.6. The van der Waals surface area contributed by atoms with Crippen LogP contribution >= 0.6 is 11.3 Å². The van der Waals surface area contributed by atoms with Gasteiger partial charge in [-0.05, 0) is 47.4 Å². The number of pyridine rings is 1. The van der Waals surface area contributed by atoms with Gasteiger partial charge in [-0.15, -0.1) is 0 Å². The standard InChI is InChI=1S/C17H15N3O2S/c21-17(20-7-2-4-15(20)13-5-8-23-11-13)14-9-16(22-19-14)12-3-1-6-18-10-12/h1,3,5-6,8-11,15H,2,4,7H2/t15-/m0/s1. The maximum absolute atomic E-state index is 12.8. The van der Waals surface area contributed by atoms with Crippen molar-refractivity contribution in [1.29, 1.82) is 0 Å². The molecular weight excluding hydrogens is 310 g/mol. The summed E-state index contributed by atoms with van der Waals surface area (Å²) in [5.74, 6) is 0.491. The van der Waals surface area contributed by atoms with Crippen molar-refractivity contribution in [3.05, 3.63) is 58.7 Å². The highest BCUT2D eigenvalue weighted by Gasteiger charge is 2.32. The van der Waals surface area contributed by atoms with Crippen LogP contribution < -0.4 is 0 Å². The van der Waals surface area contributed by atoms with Crippen LogP contribution in [0.2, 0.25) is 0 Å². The Bertz CT molecular complexity index is 798. The van der Waals surface area contributed by atoms with E-state index in [2.05, 4.69) is 21.6 Å². The molecule has 1 amide bonds. The minimum Gasteiger partial charge on any atom is -0.355 e. The average Bonchev–Trinajstić information content (AvgIpc) is 3.34. The van der Waals surface area contributed by atoms with Gasteiger partial charge in [0, 0.05) is 30.6 Å². The first-order chi connectivity index (χ1) is 11.3. The number of carbonyl (C=O) groups excluding carboxylic acids is 1. The molecule has 0 spiro atoms. The number of amides is 1. The Hall–Kier alpha value is -2.47. The summed E-state index contributed by atoms with van der Waals surface area (Å²) in [7, 11) is 0. The van der Waals surface area contributed by atoms with Crippen LogP contribution in [0.3, 0.4) is 0 Å². The number of hydrogen-bond acceptors (Lipinski definition) is 5. The first kappa shape index (κ1) is 14.1. The van der Waals surface area contributed by atoms with E-state index in [0.29, 0.717) is 11.5 Å². The van der Waals surface area contributed by atoms with Gasteiger partial charge < -0.3 is 9.42 Å². The van der Waals surface area contributed by atoms with Gasteiger partial charge in [-0.2, -0.15) is 11.3 Å². The molecule has 4 rings (SSSR count). The maximum atomic E-state index is 12.8. The molecule has 116 valence electrons. The van der Waals surface area contributed by atoms with E-state index in [1.54, 1.807) is 29.8 Å². The van der Waals surface area contributed by atoms with E-state index < -0.39 is 0 Å². The number of rotatable bonds is 3. The third-order valence-corrected chi connectivity index (χ3v) is 4.82. The summed E-state index contributed by atoms with van der Waals surface area (Å²) in [6, 6.07) is 7.64. The van der Waals surface area contributed by atoms with Crippen molar-refractivity contribution >= 4 is 17.2 Å². The zero-order chi connectivity index (χ0) is 15.6. The van der Waals surface area contributed by atoms with Crippen molar-refractivity contribution < 1.29 is 9.32 Å². The first-order valence-electron chi connectivity index (χ1n) is 7.53. The van der Waals surface area contributed by atoms with Gasteiger partial charge in [-0.1, -0.05) is 5.16 Å². The zero-order valence-electron chi connectivity index (χ0n) is 12.4. The van der Waals surface area contributed by atoms with Crippen LogP contribution in [-0.2, 0) is 0 Å². The predicted octanol–water partition coefficient (Wildman–Crippen LogP) is 3.78. The van der Waals surface area contributed by atoms with Crippen molar-refractivity contribution in [2.75, 3.05) is 6.54 Å². The van der Waals surface area contributed by atoms with E-state index in [-0.39, 0.29) is 11.9 Å². The molecule has 1 aliphatic heterocycles. The van der Waals surface area contributed by atoms with Crippen LogP contribution in [-0.4, -0.2) is 27.5 Å². The number of likely N-dealkylation sites (tertiary alicyclic amines) is 1. The van der Waals surface area contributed by atoms with Crippen LogP contribution in [0.4, 0.5) is 0 Å². The monoisotopic (exact) mass is 325 g/mol. The summed E-state index contributed by atoms with van der Waals surface area (Å²) in [5, 5.41) is 8.12. The van der Waals surface area contributed by atoms with Crippen LogP contribution in [0, 0.1) is 0 Å². The summed E-state index contributed by atoms with van der Waals surface area (Å²) in [5.41, 5.74) is 2.37. The highest BCUT2D eigenvalue weighted by Crippen LogP contribution is 2.34. The number of hydrogen-bond donors (Lipinski definition) is 0. The SMILES string of the molecule is O=C(c1cc(-c2cccnc2)on1)N1CCC[C@H]1c1ccsc1. The van der Waals surface area contributed by atoms with Gasteiger partial charge in [0.25, 0.3) is 5.91 Å². The molecule has 1 atom stereocenters. The quantitative estimate of drug-likeness (QED) is 0.735. The van der Waals surface area contributed by atoms with Crippen LogP contribution in [0.5, 0.6) is 0 Å². The molecule has 0 aromatic carbocycles. The molecule has 0 unspecified atom stereocenters. The smallest absolute Gasteiger partial charge is 0.276 e. The lowest BCUT2D eigenvalue weighted by molar-refractivity contribution is 0.0725. The molecule has 1 saturated heterocycles. The van der Waals surface area contributed by atoms with Crippen molar-refractivity contribution in [3.8, 4) is 11.3 Å². The molecule has 0 radical (unpaired) electrons. The van der Waals surface area contributed by atoms with Gasteiger partial charge in [0.2, 0.25) is 0 Å². The molecule has 1 fully saturated rings. The molecular formula is C17H15N3O2S. The summed E-state index contributed by atoms with van der Waals surface area (Å²) in [4.78, 5) is 18.7. The Balaban J connectivity index is 1.59. The Labute approximate surface area is 137 Å². The van der Waals surface area contributed by atoms with Crippen molar-refractivity contribution in [1.82, 2.24) is 15.0 Å². The third-order valence-electron chi connectivity index (χ3n) is 4.12. The van der Waals surface area contributed by atoms with Crippen LogP contribution in [0.25, 0.3) is 11.3 Å². The fraction of sp³-hybridized carbons (Fsp3) is 0.235. The zero-order valence-corrected chi connectivity index (χ0v) is 13.2. The van der Waals surface area contributed by atoms with Crippen molar-refractivity contribution in [3.63, 3.8) is 0 Å². The summed E-state index contributed by atoms with van der Waals surface area (Å²) in [6.45, 7) is 0.758. The molecule has 0 aliphatic carbocycles. The van der Waals surface area contributed by atoms with E-state index in [1.165, 1.54) is 5.56 Å². The summed E-state index contributed by atoms with van der Waals surface area (Å²) >= 11 is 1.66. The number of aromatic nitrogens is 2. The van der Waals surface area contributed by atoms with Gasteiger partial charge in [0.1, 0.15) is 0 Å². The highest BCUT2D eigenvalue weighted by molar-refractivity contribution is 7.08. The highest BCUT2D eigenvalue weighted by atomic mass is 32.1. The van der Waals surface area contributed by atoms with E-state index in [1.807, 2.05) is 22.4 Å². The topological polar surface area (TPSA) is 59.2 Å². The fourth-order valence-electron chi connectivity index (χ4n) is 2.99. The minimum atomic E-state index is -0.0717. The molecule has 5 nitrogen and oxygen atoms in total. The van der Waals surface area contributed by atoms with Gasteiger partial charge in [0.15, 0.2) is 11.5 Å². The second-order valence-electron chi connectivity index (χ2n) is 5.53. The Kier molecular flexibility index (Phi) is 3.67. The molecule has 23 heavy (non-hydrogen) atoms.